The molecule has 1 aromatic carbocycles. The number of H-pyrrole nitrogens is 1. The number of hydrogen-bond acceptors (Lipinski definition) is 10. The van der Waals surface area contributed by atoms with Gasteiger partial charge in [-0.15, -0.1) is 0 Å². The lowest BCUT2D eigenvalue weighted by molar-refractivity contribution is 0.362. The summed E-state index contributed by atoms with van der Waals surface area (Å²) in [5.41, 5.74) is -5.04. The Morgan fingerprint density at radius 3 is 2.30 bits per heavy atom. The van der Waals surface area contributed by atoms with Gasteiger partial charge in [0.2, 0.25) is 16.3 Å². The number of nitrogens with one attached hydrogen (secondary N) is 1. The van der Waals surface area contributed by atoms with Gasteiger partial charge in [0.25, 0.3) is 5.56 Å². The summed E-state index contributed by atoms with van der Waals surface area (Å²) in [4.78, 5) is 74.2. The van der Waals surface area contributed by atoms with E-state index in [2.05, 4.69) is 9.97 Å². The van der Waals surface area contributed by atoms with Crippen molar-refractivity contribution in [3.05, 3.63) is 144 Å². The van der Waals surface area contributed by atoms with Crippen LogP contribution >= 0.6 is 0 Å². The molecule has 0 aliphatic heterocycles. The fraction of sp³-hybridized carbons (Fsp3) is 0.143. The number of aromatic amines is 1. The standard InChI is InChI=1S/C35H24N2O9/c1-3-4-5-8-16-12-18-21(15-7-6-11-36-14-15)17-9-10-35(27(17)31(42)22(18)34(45)37-16)32(43)25-26(33(35)44)30(41)24-23(29(25)40)19(38)13-20(46-2)28(24)39/h3-8,11-14,42-44H,9-10H2,1-2H3,(H,37,45)/t35-/m0/s1. The molecule has 0 bridgehead atoms. The summed E-state index contributed by atoms with van der Waals surface area (Å²) < 4.78 is 4.94. The van der Waals surface area contributed by atoms with E-state index >= 15 is 0 Å². The molecule has 1 atom stereocenters. The molecule has 4 aliphatic carbocycles. The summed E-state index contributed by atoms with van der Waals surface area (Å²) in [6.07, 6.45) is 10.2. The molecule has 2 heterocycles. The molecule has 4 N–H and O–H groups in total. The highest BCUT2D eigenvalue weighted by Gasteiger charge is 2.54. The first-order valence-corrected chi connectivity index (χ1v) is 14.3. The number of hydrogen-bond donors (Lipinski definition) is 4. The van der Waals surface area contributed by atoms with Gasteiger partial charge in [-0.1, -0.05) is 24.3 Å². The normalized spacial score (nSPS) is 17.3. The molecular weight excluding hydrogens is 592 g/mol. The topological polar surface area (TPSA) is 184 Å². The van der Waals surface area contributed by atoms with Gasteiger partial charge in [-0.2, -0.15) is 0 Å². The van der Waals surface area contributed by atoms with Gasteiger partial charge in [-0.3, -0.25) is 29.0 Å². The minimum absolute atomic E-state index is 0.0714. The zero-order valence-corrected chi connectivity index (χ0v) is 24.4. The highest BCUT2D eigenvalue weighted by atomic mass is 16.5. The summed E-state index contributed by atoms with van der Waals surface area (Å²) in [6.45, 7) is 1.84. The van der Waals surface area contributed by atoms with Gasteiger partial charge in [0.05, 0.1) is 33.4 Å². The second kappa shape index (κ2) is 9.96. The van der Waals surface area contributed by atoms with Gasteiger partial charge in [0, 0.05) is 40.7 Å². The van der Waals surface area contributed by atoms with Gasteiger partial charge in [0.1, 0.15) is 22.7 Å². The minimum Gasteiger partial charge on any atom is -0.510 e. The van der Waals surface area contributed by atoms with Crippen molar-refractivity contribution < 1.29 is 20.1 Å². The third kappa shape index (κ3) is 3.53. The highest BCUT2D eigenvalue weighted by Crippen LogP contribution is 2.56. The number of ether oxygens (including phenoxy) is 1. The highest BCUT2D eigenvalue weighted by molar-refractivity contribution is 6.05. The number of aliphatic hydroxyl groups excluding tert-OH is 2. The smallest absolute Gasteiger partial charge is 0.260 e. The van der Waals surface area contributed by atoms with E-state index in [0.29, 0.717) is 27.8 Å². The average molecular weight is 617 g/mol. The van der Waals surface area contributed by atoms with Crippen LogP contribution in [0.2, 0.25) is 0 Å². The van der Waals surface area contributed by atoms with Crippen molar-refractivity contribution in [2.75, 3.05) is 7.11 Å². The molecule has 11 heteroatoms. The molecule has 7 rings (SSSR count). The molecule has 4 aliphatic rings. The van der Waals surface area contributed by atoms with E-state index in [1.54, 1.807) is 48.8 Å². The lowest BCUT2D eigenvalue weighted by Crippen LogP contribution is -2.51. The molecule has 0 amide bonds. The molecule has 2 aromatic heterocycles. The number of aromatic hydroxyl groups is 1. The fourth-order valence-corrected chi connectivity index (χ4v) is 7.07. The maximum absolute atomic E-state index is 13.8. The quantitative estimate of drug-likeness (QED) is 0.214. The number of aliphatic hydroxyl groups is 2. The van der Waals surface area contributed by atoms with E-state index in [-0.39, 0.29) is 23.8 Å². The number of aromatic nitrogens is 2. The van der Waals surface area contributed by atoms with Crippen LogP contribution in [0.1, 0.15) is 30.2 Å². The van der Waals surface area contributed by atoms with Crippen LogP contribution in [0.5, 0.6) is 11.5 Å². The van der Waals surface area contributed by atoms with E-state index in [1.807, 2.05) is 13.0 Å². The Kier molecular flexibility index (Phi) is 6.21. The monoisotopic (exact) mass is 616 g/mol. The summed E-state index contributed by atoms with van der Waals surface area (Å²) in [5.74, 6) is -2.55. The third-order valence-corrected chi connectivity index (χ3v) is 8.98. The molecule has 3 aromatic rings. The summed E-state index contributed by atoms with van der Waals surface area (Å²) >= 11 is 0. The van der Waals surface area contributed by atoms with E-state index in [4.69, 9.17) is 4.74 Å². The molecule has 0 fully saturated rings. The lowest BCUT2D eigenvalue weighted by atomic mass is 9.77. The van der Waals surface area contributed by atoms with Crippen molar-refractivity contribution in [1.82, 2.24) is 9.97 Å². The third-order valence-electron chi connectivity index (χ3n) is 8.98. The van der Waals surface area contributed by atoms with Crippen LogP contribution in [-0.4, -0.2) is 32.4 Å². The van der Waals surface area contributed by atoms with Gasteiger partial charge in [-0.25, -0.2) is 0 Å². The number of allylic oxidation sites excluding steroid dienone is 3. The summed E-state index contributed by atoms with van der Waals surface area (Å²) in [5, 5.41) is 33.0. The summed E-state index contributed by atoms with van der Waals surface area (Å²) in [7, 11) is 1.13. The van der Waals surface area contributed by atoms with Crippen LogP contribution in [0.15, 0.2) is 78.9 Å². The number of pyridine rings is 2. The zero-order chi connectivity index (χ0) is 32.7. The first kappa shape index (κ1) is 28.7. The Balaban J connectivity index is 1.68. The second-order valence-electron chi connectivity index (χ2n) is 11.2. The molecular formula is C35H24N2O9. The Morgan fingerprint density at radius 1 is 0.935 bits per heavy atom. The predicted molar refractivity (Wildman–Crippen MR) is 170 cm³/mol. The van der Waals surface area contributed by atoms with Gasteiger partial charge in [-0.05, 0) is 49.1 Å². The lowest BCUT2D eigenvalue weighted by Gasteiger charge is -2.28. The van der Waals surface area contributed by atoms with Crippen molar-refractivity contribution in [3.63, 3.8) is 0 Å². The van der Waals surface area contributed by atoms with E-state index in [9.17, 15) is 39.3 Å². The maximum atomic E-state index is 13.8. The number of benzene rings is 1. The van der Waals surface area contributed by atoms with Crippen molar-refractivity contribution in [2.45, 2.75) is 25.2 Å². The van der Waals surface area contributed by atoms with Crippen LogP contribution in [0, 0.1) is 10.4 Å². The van der Waals surface area contributed by atoms with E-state index in [0.717, 1.165) is 13.2 Å². The molecule has 11 nitrogen and oxygen atoms in total. The number of phenolic OH excluding ortho intramolecular Hbond substituents is 1. The Labute approximate surface area is 257 Å². The number of nitrogens with zero attached hydrogens (tertiary/aromatic N) is 1. The van der Waals surface area contributed by atoms with E-state index < -0.39 is 76.6 Å². The Bertz CT molecular complexity index is 2720. The summed E-state index contributed by atoms with van der Waals surface area (Å²) in [6, 6.07) is 5.94. The van der Waals surface area contributed by atoms with Crippen molar-refractivity contribution in [3.8, 4) is 22.6 Å². The van der Waals surface area contributed by atoms with Crippen molar-refractivity contribution >= 4 is 28.4 Å². The molecule has 0 saturated carbocycles. The van der Waals surface area contributed by atoms with Crippen LogP contribution < -0.4 is 42.4 Å². The average Bonchev–Trinajstić information content (AvgIpc) is 3.54. The Hall–Kier alpha value is -6.10. The molecule has 0 radical (unpaired) electrons. The predicted octanol–water partition coefficient (Wildman–Crippen LogP) is 1.16. The SMILES string of the molecule is CC=CC=Cc1cc2c(-c3cccnc3)c3c(c(O)c2c(=O)[nH]1)[C@@]1(CC3)C(O)=c2c(=O)c3c(=O)cc(OC)c(=O)c=3c(=O)c2=C1O. The first-order valence-electron chi connectivity index (χ1n) is 14.3. The van der Waals surface area contributed by atoms with Crippen molar-refractivity contribution in [1.29, 1.82) is 0 Å². The van der Waals surface area contributed by atoms with Crippen LogP contribution in [0.4, 0.5) is 0 Å². The number of methoxy groups -OCH3 is 1. The zero-order valence-electron chi connectivity index (χ0n) is 24.4. The number of phenols is 1. The molecule has 0 unspecified atom stereocenters. The molecule has 1 spiro atoms. The number of fused-ring (bicyclic) bond motifs is 4. The van der Waals surface area contributed by atoms with Crippen LogP contribution in [0.25, 0.3) is 39.5 Å². The largest absolute Gasteiger partial charge is 0.510 e. The molecule has 46 heavy (non-hydrogen) atoms. The van der Waals surface area contributed by atoms with Gasteiger partial charge in [0.15, 0.2) is 11.2 Å². The number of rotatable bonds is 4. The maximum Gasteiger partial charge on any atom is 0.260 e. The fourth-order valence-electron chi connectivity index (χ4n) is 7.07. The van der Waals surface area contributed by atoms with Gasteiger partial charge >= 0.3 is 0 Å². The molecule has 0 saturated heterocycles. The first-order chi connectivity index (χ1) is 22.1. The van der Waals surface area contributed by atoms with Crippen LogP contribution in [-0.2, 0) is 11.8 Å². The van der Waals surface area contributed by atoms with Crippen LogP contribution in [0.3, 0.4) is 0 Å². The Morgan fingerprint density at radius 2 is 1.65 bits per heavy atom. The second-order valence-corrected chi connectivity index (χ2v) is 11.2. The van der Waals surface area contributed by atoms with Crippen molar-refractivity contribution in [2.24, 2.45) is 0 Å². The minimum atomic E-state index is -2.03. The molecule has 228 valence electrons. The van der Waals surface area contributed by atoms with E-state index in [1.165, 1.54) is 0 Å². The van der Waals surface area contributed by atoms with Gasteiger partial charge < -0.3 is 25.0 Å².